The highest BCUT2D eigenvalue weighted by atomic mass is 16.4. The van der Waals surface area contributed by atoms with Crippen LogP contribution in [0.5, 0.6) is 0 Å². The van der Waals surface area contributed by atoms with Crippen molar-refractivity contribution in [3.05, 3.63) is 18.0 Å². The minimum atomic E-state index is -0.969. The van der Waals surface area contributed by atoms with Gasteiger partial charge in [0.1, 0.15) is 6.04 Å². The minimum Gasteiger partial charge on any atom is -0.480 e. The van der Waals surface area contributed by atoms with Gasteiger partial charge < -0.3 is 10.8 Å². The number of carbonyl (C=O) groups is 1. The summed E-state index contributed by atoms with van der Waals surface area (Å²) >= 11 is 0. The van der Waals surface area contributed by atoms with Gasteiger partial charge in [-0.05, 0) is 18.9 Å². The fourth-order valence-corrected chi connectivity index (χ4v) is 0.984. The van der Waals surface area contributed by atoms with Crippen molar-refractivity contribution in [1.82, 2.24) is 9.78 Å². The summed E-state index contributed by atoms with van der Waals surface area (Å²) in [5, 5.41) is 12.5. The summed E-state index contributed by atoms with van der Waals surface area (Å²) in [5.74, 6) is -0.969. The zero-order chi connectivity index (χ0) is 9.84. The van der Waals surface area contributed by atoms with E-state index in [2.05, 4.69) is 5.10 Å². The van der Waals surface area contributed by atoms with Crippen LogP contribution in [0.25, 0.3) is 0 Å². The molecule has 0 saturated heterocycles. The number of nitrogens with zero attached hydrogens (tertiary/aromatic N) is 2. The molecule has 13 heavy (non-hydrogen) atoms. The number of hydrogen-bond acceptors (Lipinski definition) is 3. The summed E-state index contributed by atoms with van der Waals surface area (Å²) in [6.07, 6.45) is 3.98. The van der Waals surface area contributed by atoms with Gasteiger partial charge in [-0.3, -0.25) is 9.48 Å². The highest BCUT2D eigenvalue weighted by Crippen LogP contribution is 1.97. The predicted molar refractivity (Wildman–Crippen MR) is 47.2 cm³/mol. The molecule has 0 fully saturated rings. The van der Waals surface area contributed by atoms with Crippen LogP contribution in [0.3, 0.4) is 0 Å². The van der Waals surface area contributed by atoms with Crippen molar-refractivity contribution in [2.75, 3.05) is 0 Å². The van der Waals surface area contributed by atoms with Crippen molar-refractivity contribution in [3.8, 4) is 0 Å². The first-order valence-electron chi connectivity index (χ1n) is 4.07. The molecule has 5 heteroatoms. The molecule has 1 unspecified atom stereocenters. The number of carboxylic acids is 1. The van der Waals surface area contributed by atoms with Crippen LogP contribution in [0.15, 0.2) is 12.4 Å². The topological polar surface area (TPSA) is 81.1 Å². The molecule has 1 aromatic rings. The number of nitrogens with two attached hydrogens (primary N) is 1. The molecule has 0 aromatic carbocycles. The first kappa shape index (κ1) is 9.73. The molecule has 0 aliphatic rings. The lowest BCUT2D eigenvalue weighted by atomic mass is 10.2. The van der Waals surface area contributed by atoms with Gasteiger partial charge in [-0.2, -0.15) is 5.10 Å². The van der Waals surface area contributed by atoms with Crippen molar-refractivity contribution < 1.29 is 9.90 Å². The Balaban J connectivity index is 2.39. The molecule has 0 spiro atoms. The lowest BCUT2D eigenvalue weighted by molar-refractivity contribution is -0.138. The lowest BCUT2D eigenvalue weighted by Gasteiger charge is -2.05. The van der Waals surface area contributed by atoms with Crippen molar-refractivity contribution in [1.29, 1.82) is 0 Å². The van der Waals surface area contributed by atoms with E-state index in [-0.39, 0.29) is 0 Å². The Kier molecular flexibility index (Phi) is 3.02. The quantitative estimate of drug-likeness (QED) is 0.688. The second-order valence-corrected chi connectivity index (χ2v) is 3.01. The van der Waals surface area contributed by atoms with Crippen molar-refractivity contribution in [2.24, 2.45) is 5.73 Å². The fourth-order valence-electron chi connectivity index (χ4n) is 0.984. The van der Waals surface area contributed by atoms with Gasteiger partial charge in [0.15, 0.2) is 0 Å². The summed E-state index contributed by atoms with van der Waals surface area (Å²) in [5.41, 5.74) is 6.39. The third kappa shape index (κ3) is 2.87. The van der Waals surface area contributed by atoms with Gasteiger partial charge in [-0.15, -0.1) is 0 Å². The van der Waals surface area contributed by atoms with E-state index in [4.69, 9.17) is 10.8 Å². The van der Waals surface area contributed by atoms with E-state index >= 15 is 0 Å². The van der Waals surface area contributed by atoms with Gasteiger partial charge in [0.05, 0.1) is 6.20 Å². The molecule has 1 heterocycles. The molecule has 0 bridgehead atoms. The van der Waals surface area contributed by atoms with Gasteiger partial charge in [-0.1, -0.05) is 0 Å². The second-order valence-electron chi connectivity index (χ2n) is 3.01. The average Bonchev–Trinajstić information content (AvgIpc) is 2.47. The minimum absolute atomic E-state index is 0.399. The average molecular weight is 183 g/mol. The Morgan fingerprint density at radius 3 is 3.00 bits per heavy atom. The zero-order valence-corrected chi connectivity index (χ0v) is 7.47. The number of aryl methyl sites for hydroxylation is 2. The molecule has 72 valence electrons. The second kappa shape index (κ2) is 4.04. The zero-order valence-electron chi connectivity index (χ0n) is 7.47. The maximum Gasteiger partial charge on any atom is 0.320 e. The third-order valence-electron chi connectivity index (χ3n) is 1.75. The largest absolute Gasteiger partial charge is 0.480 e. The SMILES string of the molecule is Cc1cnn(CCC(N)C(=O)O)c1. The Morgan fingerprint density at radius 2 is 2.54 bits per heavy atom. The Labute approximate surface area is 76.2 Å². The first-order valence-corrected chi connectivity index (χ1v) is 4.07. The number of carboxylic acid groups (broad SMARTS) is 1. The highest BCUT2D eigenvalue weighted by molar-refractivity contribution is 5.72. The van der Waals surface area contributed by atoms with E-state index in [0.29, 0.717) is 13.0 Å². The van der Waals surface area contributed by atoms with Gasteiger partial charge >= 0.3 is 5.97 Å². The summed E-state index contributed by atoms with van der Waals surface area (Å²) in [6.45, 7) is 2.47. The monoisotopic (exact) mass is 183 g/mol. The van der Waals surface area contributed by atoms with Crippen molar-refractivity contribution in [3.63, 3.8) is 0 Å². The van der Waals surface area contributed by atoms with Gasteiger partial charge in [0.2, 0.25) is 0 Å². The van der Waals surface area contributed by atoms with Crippen LogP contribution < -0.4 is 5.73 Å². The smallest absolute Gasteiger partial charge is 0.320 e. The van der Waals surface area contributed by atoms with Crippen LogP contribution in [-0.4, -0.2) is 26.9 Å². The molecule has 0 saturated carbocycles. The van der Waals surface area contributed by atoms with Crippen molar-refractivity contribution in [2.45, 2.75) is 25.9 Å². The lowest BCUT2D eigenvalue weighted by Crippen LogP contribution is -2.31. The molecule has 0 aliphatic carbocycles. The number of hydrogen-bond donors (Lipinski definition) is 2. The maximum atomic E-state index is 10.4. The molecule has 0 aliphatic heterocycles. The van der Waals surface area contributed by atoms with E-state index in [0.717, 1.165) is 5.56 Å². The number of rotatable bonds is 4. The Hall–Kier alpha value is -1.36. The highest BCUT2D eigenvalue weighted by Gasteiger charge is 2.10. The van der Waals surface area contributed by atoms with E-state index in [9.17, 15) is 4.79 Å². The molecule has 5 nitrogen and oxygen atoms in total. The maximum absolute atomic E-state index is 10.4. The number of aliphatic carboxylic acids is 1. The third-order valence-corrected chi connectivity index (χ3v) is 1.75. The normalized spacial score (nSPS) is 12.8. The predicted octanol–water partition coefficient (Wildman–Crippen LogP) is -0.00648. The standard InChI is InChI=1S/C8H13N3O2/c1-6-4-10-11(5-6)3-2-7(9)8(12)13/h4-5,7H,2-3,9H2,1H3,(H,12,13). The van der Waals surface area contributed by atoms with E-state index in [1.807, 2.05) is 13.1 Å². The Morgan fingerprint density at radius 1 is 1.85 bits per heavy atom. The summed E-state index contributed by atoms with van der Waals surface area (Å²) in [7, 11) is 0. The van der Waals surface area contributed by atoms with E-state index in [1.54, 1.807) is 10.9 Å². The van der Waals surface area contributed by atoms with E-state index in [1.165, 1.54) is 0 Å². The number of aromatic nitrogens is 2. The molecule has 1 rings (SSSR count). The fraction of sp³-hybridized carbons (Fsp3) is 0.500. The van der Waals surface area contributed by atoms with Crippen LogP contribution in [-0.2, 0) is 11.3 Å². The van der Waals surface area contributed by atoms with Gasteiger partial charge in [0.25, 0.3) is 0 Å². The molecule has 1 aromatic heterocycles. The summed E-state index contributed by atoms with van der Waals surface area (Å²) in [6, 6.07) is -0.801. The van der Waals surface area contributed by atoms with Crippen LogP contribution in [0.2, 0.25) is 0 Å². The van der Waals surface area contributed by atoms with Crippen LogP contribution in [0.1, 0.15) is 12.0 Å². The van der Waals surface area contributed by atoms with Crippen molar-refractivity contribution >= 4 is 5.97 Å². The molecule has 3 N–H and O–H groups in total. The molecular weight excluding hydrogens is 170 g/mol. The van der Waals surface area contributed by atoms with Gasteiger partial charge in [0, 0.05) is 12.7 Å². The Bertz CT molecular complexity index is 295. The summed E-state index contributed by atoms with van der Waals surface area (Å²) in [4.78, 5) is 10.4. The van der Waals surface area contributed by atoms with Crippen LogP contribution >= 0.6 is 0 Å². The molecular formula is C8H13N3O2. The molecule has 0 amide bonds. The van der Waals surface area contributed by atoms with E-state index < -0.39 is 12.0 Å². The van der Waals surface area contributed by atoms with Gasteiger partial charge in [-0.25, -0.2) is 0 Å². The first-order chi connectivity index (χ1) is 6.09. The summed E-state index contributed by atoms with van der Waals surface area (Å²) < 4.78 is 1.69. The van der Waals surface area contributed by atoms with Crippen LogP contribution in [0.4, 0.5) is 0 Å². The van der Waals surface area contributed by atoms with Crippen LogP contribution in [0, 0.1) is 6.92 Å². The molecule has 0 radical (unpaired) electrons. The molecule has 1 atom stereocenters.